The zero-order chi connectivity index (χ0) is 44.0. The predicted octanol–water partition coefficient (Wildman–Crippen LogP) is 0.260. The third-order valence-corrected chi connectivity index (χ3v) is 14.7. The predicted molar refractivity (Wildman–Crippen MR) is 219 cm³/mol. The van der Waals surface area contributed by atoms with Crippen molar-refractivity contribution in [1.29, 1.82) is 0 Å². The third-order valence-electron chi connectivity index (χ3n) is 8.83. The fourth-order valence-electron chi connectivity index (χ4n) is 5.89. The molecule has 61 heavy (non-hydrogen) atoms. The van der Waals surface area contributed by atoms with Crippen LogP contribution in [0.1, 0.15) is 12.6 Å². The molecule has 1 saturated heterocycles. The lowest BCUT2D eigenvalue weighted by atomic mass is 10.0. The highest BCUT2D eigenvalue weighted by molar-refractivity contribution is 8.03. The largest absolute Gasteiger partial charge is 0.504 e. The second-order valence-electron chi connectivity index (χ2n) is 13.0. The first kappa shape index (κ1) is 43.1. The number of thiazole rings is 1. The average molecular weight is 937 g/mol. The van der Waals surface area contributed by atoms with E-state index in [0.29, 0.717) is 22.1 Å². The molecule has 4 aliphatic rings. The minimum absolute atomic E-state index is 0.0339. The second-order valence-corrected chi connectivity index (χ2v) is 19.7. The highest BCUT2D eigenvalue weighted by Gasteiger charge is 2.54. The van der Waals surface area contributed by atoms with E-state index in [-0.39, 0.29) is 39.6 Å². The number of nitrogen functional groups attached to an aromatic ring is 1. The Bertz CT molecular complexity index is 2740. The Morgan fingerprint density at radius 1 is 1.07 bits per heavy atom. The van der Waals surface area contributed by atoms with Crippen molar-refractivity contribution in [3.63, 3.8) is 0 Å². The van der Waals surface area contributed by atoms with Crippen molar-refractivity contribution in [2.75, 3.05) is 29.8 Å². The molecule has 0 unspecified atom stereocenters. The van der Waals surface area contributed by atoms with E-state index in [4.69, 9.17) is 10.6 Å². The molecule has 1 aromatic heterocycles. The number of thioether (sulfide) groups is 2. The lowest BCUT2D eigenvalue weighted by Gasteiger charge is -2.49. The summed E-state index contributed by atoms with van der Waals surface area (Å²) in [6, 6.07) is 4.62. The number of phenols is 4. The molecule has 2 aromatic carbocycles. The van der Waals surface area contributed by atoms with Gasteiger partial charge in [-0.1, -0.05) is 5.16 Å². The maximum absolute atomic E-state index is 13.6. The van der Waals surface area contributed by atoms with Crippen LogP contribution in [-0.2, 0) is 39.1 Å². The molecule has 4 aliphatic heterocycles. The highest BCUT2D eigenvalue weighted by Crippen LogP contribution is 2.42. The number of allylic oxidation sites excluding steroid dienone is 1. The number of aromatic hydroxyl groups is 4. The van der Waals surface area contributed by atoms with Crippen LogP contribution in [0.5, 0.6) is 23.0 Å². The maximum atomic E-state index is 13.6. The standard InChI is InChI=1S/C33H32N10O13S5/c1-15-6-25(43-24(36-15)9-41(40-43)13-35-61(54,55)18-3-5-21(45)23(47)8-18)57-10-16-11-58-31-27(30(49)42(31)28(16)32(50)51)38-29(48)26(19-12-59-33(34)37-19)39-56-14-60(52,53)17-2-4-20(44)22(46)7-17/h2-9,12,27,31,35,40,44-47H,10-11,13-14H2,1H3,(H2,34,37)(H,38,48)(H,50,51)/t27-,31-/m1/s1. The van der Waals surface area contributed by atoms with E-state index >= 15 is 0 Å². The second kappa shape index (κ2) is 16.8. The summed E-state index contributed by atoms with van der Waals surface area (Å²) in [7, 11) is -8.37. The van der Waals surface area contributed by atoms with Gasteiger partial charge in [-0.3, -0.25) is 19.5 Å². The van der Waals surface area contributed by atoms with Gasteiger partial charge in [0, 0.05) is 34.7 Å². The number of hydrogen-bond acceptors (Lipinski definition) is 22. The number of hydrogen-bond donors (Lipinski definition) is 9. The number of nitrogens with zero attached hydrogens (tertiary/aromatic N) is 6. The molecule has 23 nitrogen and oxygen atoms in total. The van der Waals surface area contributed by atoms with E-state index in [1.165, 1.54) is 40.1 Å². The SMILES string of the molecule is CC1=NC2=CN(CNS(=O)(=O)c3ccc(O)c(O)c3)NN2C(SCC2=C(C(=O)O)N3C(=O)[C@@H](NC(=O)C(=NOCS(=O)(=O)c4ccc(O)c(O)c4)c4csc(N)n4)[C@H]3SC2)=C1. The average Bonchev–Trinajstić information content (AvgIpc) is 3.83. The van der Waals surface area contributed by atoms with Crippen LogP contribution < -0.4 is 21.3 Å². The van der Waals surface area contributed by atoms with Gasteiger partial charge in [0.05, 0.1) is 27.7 Å². The Morgan fingerprint density at radius 3 is 2.41 bits per heavy atom. The Morgan fingerprint density at radius 2 is 1.75 bits per heavy atom. The summed E-state index contributed by atoms with van der Waals surface area (Å²) in [5, 5.41) is 59.0. The number of aliphatic carboxylic acids is 1. The Balaban J connectivity index is 1.00. The molecule has 0 saturated carbocycles. The number of carbonyl (C=O) groups is 3. The van der Waals surface area contributed by atoms with Crippen molar-refractivity contribution in [2.45, 2.75) is 28.1 Å². The molecule has 10 N–H and O–H groups in total. The number of nitrogens with one attached hydrogen (secondary N) is 3. The zero-order valence-corrected chi connectivity index (χ0v) is 35.1. The summed E-state index contributed by atoms with van der Waals surface area (Å²) in [5.41, 5.74) is 8.79. The highest BCUT2D eigenvalue weighted by atomic mass is 32.2. The minimum Gasteiger partial charge on any atom is -0.504 e. The van der Waals surface area contributed by atoms with Crippen molar-refractivity contribution in [3.05, 3.63) is 81.9 Å². The first-order chi connectivity index (χ1) is 28.8. The molecule has 0 bridgehead atoms. The van der Waals surface area contributed by atoms with Crippen LogP contribution in [0.3, 0.4) is 0 Å². The van der Waals surface area contributed by atoms with E-state index in [1.807, 2.05) is 0 Å². The lowest BCUT2D eigenvalue weighted by molar-refractivity contribution is -0.150. The monoisotopic (exact) mass is 936 g/mol. The molecule has 2 atom stereocenters. The Kier molecular flexibility index (Phi) is 11.8. The number of nitrogens with two attached hydrogens (primary N) is 1. The number of hydrazine groups is 2. The number of β-lactam (4-membered cyclic amide) rings is 1. The number of sulfonamides is 1. The number of aliphatic imine (C=N–C) groups is 1. The quantitative estimate of drug-likeness (QED) is 0.0427. The molecule has 0 radical (unpaired) electrons. The van der Waals surface area contributed by atoms with E-state index in [9.17, 15) is 56.8 Å². The molecule has 5 heterocycles. The van der Waals surface area contributed by atoms with Crippen LogP contribution in [0.15, 0.2) is 96.1 Å². The summed E-state index contributed by atoms with van der Waals surface area (Å²) in [4.78, 5) is 53.6. The fraction of sp³-hybridized carbons (Fsp3) is 0.212. The molecule has 7 rings (SSSR count). The van der Waals surface area contributed by atoms with Gasteiger partial charge in [0.25, 0.3) is 11.8 Å². The third kappa shape index (κ3) is 8.90. The van der Waals surface area contributed by atoms with Crippen molar-refractivity contribution in [1.82, 2.24) is 35.5 Å². The van der Waals surface area contributed by atoms with Gasteiger partial charge >= 0.3 is 5.97 Å². The lowest BCUT2D eigenvalue weighted by Crippen LogP contribution is -2.71. The van der Waals surface area contributed by atoms with E-state index in [0.717, 1.165) is 52.6 Å². The molecule has 1 fully saturated rings. The number of fused-ring (bicyclic) bond motifs is 2. The van der Waals surface area contributed by atoms with Gasteiger partial charge in [-0.15, -0.1) is 40.4 Å². The summed E-state index contributed by atoms with van der Waals surface area (Å²) in [6.45, 7) is 1.44. The molecule has 3 aromatic rings. The van der Waals surface area contributed by atoms with Crippen molar-refractivity contribution < 1.29 is 61.6 Å². The van der Waals surface area contributed by atoms with Gasteiger partial charge < -0.3 is 41.4 Å². The van der Waals surface area contributed by atoms with Gasteiger partial charge in [-0.25, -0.2) is 36.6 Å². The number of anilines is 1. The summed E-state index contributed by atoms with van der Waals surface area (Å²) in [6.07, 6.45) is 3.25. The molecule has 2 amide bonds. The number of sulfone groups is 1. The van der Waals surface area contributed by atoms with Gasteiger partial charge in [-0.05, 0) is 42.8 Å². The smallest absolute Gasteiger partial charge is 0.352 e. The van der Waals surface area contributed by atoms with Crippen LogP contribution in [-0.4, -0.2) is 127 Å². The van der Waals surface area contributed by atoms with Gasteiger partial charge in [-0.2, -0.15) is 4.72 Å². The molecule has 0 spiro atoms. The van der Waals surface area contributed by atoms with Crippen molar-refractivity contribution >= 4 is 89.1 Å². The van der Waals surface area contributed by atoms with E-state index < -0.39 is 88.6 Å². The molecular weight excluding hydrogens is 905 g/mol. The summed E-state index contributed by atoms with van der Waals surface area (Å²) in [5.74, 6) is -5.94. The van der Waals surface area contributed by atoms with E-state index in [1.54, 1.807) is 18.0 Å². The van der Waals surface area contributed by atoms with Crippen LogP contribution in [0, 0.1) is 0 Å². The number of oxime groups is 1. The number of carboxylic acids is 1. The molecule has 0 aliphatic carbocycles. The molecular formula is C33H32N10O13S5. The number of phenolic OH excluding ortho intramolecular Hbond substituents is 4. The fourth-order valence-corrected chi connectivity index (χ4v) is 10.9. The summed E-state index contributed by atoms with van der Waals surface area (Å²) >= 11 is 3.35. The van der Waals surface area contributed by atoms with Crippen LogP contribution >= 0.6 is 34.9 Å². The molecule has 322 valence electrons. The number of carboxylic acid groups (broad SMARTS) is 1. The van der Waals surface area contributed by atoms with Crippen LogP contribution in [0.4, 0.5) is 5.13 Å². The van der Waals surface area contributed by atoms with Gasteiger partial charge in [0.2, 0.25) is 25.8 Å². The van der Waals surface area contributed by atoms with E-state index in [2.05, 4.69) is 30.7 Å². The maximum Gasteiger partial charge on any atom is 0.352 e. The normalized spacial score (nSPS) is 19.1. The van der Waals surface area contributed by atoms with Gasteiger partial charge in [0.15, 0.2) is 39.7 Å². The molecule has 28 heteroatoms. The number of amides is 2. The Hall–Kier alpha value is -6.04. The summed E-state index contributed by atoms with van der Waals surface area (Å²) < 4.78 is 53.6. The first-order valence-electron chi connectivity index (χ1n) is 17.2. The van der Waals surface area contributed by atoms with Crippen LogP contribution in [0.2, 0.25) is 0 Å². The first-order valence-corrected chi connectivity index (χ1v) is 23.2. The minimum atomic E-state index is -4.26. The number of aromatic nitrogens is 1. The van der Waals surface area contributed by atoms with Crippen molar-refractivity contribution in [2.24, 2.45) is 10.1 Å². The van der Waals surface area contributed by atoms with Crippen molar-refractivity contribution in [3.8, 4) is 23.0 Å². The Labute approximate surface area is 357 Å². The topological polar surface area (TPSA) is 339 Å². The number of rotatable bonds is 15. The zero-order valence-electron chi connectivity index (χ0n) is 31.0. The van der Waals surface area contributed by atoms with Gasteiger partial charge in [0.1, 0.15) is 22.8 Å². The number of benzene rings is 2. The number of carbonyl (C=O) groups excluding carboxylic acids is 2. The van der Waals surface area contributed by atoms with Crippen LogP contribution in [0.25, 0.3) is 0 Å².